The Kier molecular flexibility index (Phi) is 7.68. The molecule has 0 radical (unpaired) electrons. The van der Waals surface area contributed by atoms with E-state index in [1.807, 2.05) is 6.07 Å². The molecule has 28 heavy (non-hydrogen) atoms. The quantitative estimate of drug-likeness (QED) is 0.634. The number of aliphatic hydroxyl groups excluding tert-OH is 2. The zero-order valence-corrected chi connectivity index (χ0v) is 15.4. The molecule has 2 rings (SSSR count). The number of alkyl carbamates (subject to hydrolysis) is 1. The Hall–Kier alpha value is -2.29. The van der Waals surface area contributed by atoms with Crippen molar-refractivity contribution in [3.63, 3.8) is 0 Å². The molecule has 0 aromatic heterocycles. The number of rotatable bonds is 7. The van der Waals surface area contributed by atoms with E-state index in [1.54, 1.807) is 24.3 Å². The highest BCUT2D eigenvalue weighted by Gasteiger charge is 2.36. The average molecular weight is 418 g/mol. The normalized spacial score (nSPS) is 13.6. The molecule has 0 saturated heterocycles. The first-order chi connectivity index (χ1) is 13.2. The van der Waals surface area contributed by atoms with Gasteiger partial charge in [0, 0.05) is 11.6 Å². The summed E-state index contributed by atoms with van der Waals surface area (Å²) in [4.78, 5) is 11.6. The van der Waals surface area contributed by atoms with E-state index in [4.69, 9.17) is 16.3 Å². The van der Waals surface area contributed by atoms with Crippen LogP contribution in [-0.2, 0) is 17.5 Å². The van der Waals surface area contributed by atoms with Crippen LogP contribution in [0.15, 0.2) is 48.5 Å². The first-order valence-corrected chi connectivity index (χ1v) is 8.73. The van der Waals surface area contributed by atoms with Crippen molar-refractivity contribution in [2.24, 2.45) is 0 Å². The smallest absolute Gasteiger partial charge is 0.416 e. The summed E-state index contributed by atoms with van der Waals surface area (Å²) < 4.78 is 44.2. The van der Waals surface area contributed by atoms with Crippen LogP contribution in [0.2, 0.25) is 5.02 Å². The maximum absolute atomic E-state index is 13.1. The molecule has 9 heteroatoms. The molecule has 0 aliphatic carbocycles. The predicted octanol–water partition coefficient (Wildman–Crippen LogP) is 4.07. The van der Waals surface area contributed by atoms with Crippen LogP contribution in [0.5, 0.6) is 0 Å². The number of carbonyl (C=O) groups excluding carboxylic acids is 1. The van der Waals surface area contributed by atoms with Crippen molar-refractivity contribution >= 4 is 17.7 Å². The summed E-state index contributed by atoms with van der Waals surface area (Å²) >= 11 is 5.71. The zero-order valence-electron chi connectivity index (χ0n) is 14.6. The lowest BCUT2D eigenvalue weighted by molar-refractivity contribution is -0.140. The highest BCUT2D eigenvalue weighted by atomic mass is 35.5. The fourth-order valence-electron chi connectivity index (χ4n) is 2.50. The molecule has 0 aliphatic rings. The Morgan fingerprint density at radius 1 is 1.14 bits per heavy atom. The molecule has 0 aliphatic heterocycles. The highest BCUT2D eigenvalue weighted by Crippen LogP contribution is 2.37. The lowest BCUT2D eigenvalue weighted by Gasteiger charge is -2.22. The molecule has 0 spiro atoms. The van der Waals surface area contributed by atoms with Crippen LogP contribution in [0, 0.1) is 0 Å². The maximum Gasteiger partial charge on any atom is 0.416 e. The van der Waals surface area contributed by atoms with Crippen molar-refractivity contribution in [3.05, 3.63) is 70.2 Å². The van der Waals surface area contributed by atoms with E-state index in [2.05, 4.69) is 5.32 Å². The number of hydrogen-bond donors (Lipinski definition) is 3. The monoisotopic (exact) mass is 417 g/mol. The predicted molar refractivity (Wildman–Crippen MR) is 96.7 cm³/mol. The van der Waals surface area contributed by atoms with Gasteiger partial charge in [0.15, 0.2) is 0 Å². The molecule has 2 aromatic carbocycles. The van der Waals surface area contributed by atoms with Gasteiger partial charge in [-0.3, -0.25) is 0 Å². The second-order valence-corrected chi connectivity index (χ2v) is 6.46. The van der Waals surface area contributed by atoms with Crippen molar-refractivity contribution in [1.29, 1.82) is 0 Å². The lowest BCUT2D eigenvalue weighted by atomic mass is 9.96. The number of aliphatic hydroxyl groups is 2. The highest BCUT2D eigenvalue weighted by molar-refractivity contribution is 6.30. The molecule has 3 N–H and O–H groups in total. The van der Waals surface area contributed by atoms with Crippen LogP contribution in [0.1, 0.15) is 29.2 Å². The number of alkyl halides is 3. The Bertz CT molecular complexity index is 786. The van der Waals surface area contributed by atoms with Gasteiger partial charge in [0.2, 0.25) is 0 Å². The average Bonchev–Trinajstić information content (AvgIpc) is 2.65. The van der Waals surface area contributed by atoms with Crippen LogP contribution in [0.25, 0.3) is 0 Å². The minimum Gasteiger partial charge on any atom is -0.445 e. The summed E-state index contributed by atoms with van der Waals surface area (Å²) in [6, 6.07) is 11.7. The Morgan fingerprint density at radius 2 is 1.82 bits per heavy atom. The third kappa shape index (κ3) is 6.40. The molecule has 1 amide bonds. The second kappa shape index (κ2) is 9.77. The van der Waals surface area contributed by atoms with Gasteiger partial charge >= 0.3 is 12.3 Å². The third-order valence-corrected chi connectivity index (χ3v) is 4.16. The Labute approximate surface area is 164 Å². The van der Waals surface area contributed by atoms with Crippen molar-refractivity contribution in [3.8, 4) is 0 Å². The van der Waals surface area contributed by atoms with Crippen molar-refractivity contribution < 1.29 is 32.9 Å². The third-order valence-electron chi connectivity index (χ3n) is 3.92. The standard InChI is InChI=1S/C19H19ClF3NO4/c20-13-6-7-15(19(21,22)23)14(10-13)17(26)16(25)8-9-24-18(27)28-11-12-4-2-1-3-5-12/h1-7,10,16-17,25-26H,8-9,11H2,(H,24,27). The van der Waals surface area contributed by atoms with Gasteiger partial charge < -0.3 is 20.3 Å². The van der Waals surface area contributed by atoms with Gasteiger partial charge in [-0.15, -0.1) is 0 Å². The molecule has 2 unspecified atom stereocenters. The van der Waals surface area contributed by atoms with E-state index in [-0.39, 0.29) is 24.6 Å². The Morgan fingerprint density at radius 3 is 2.46 bits per heavy atom. The number of nitrogens with one attached hydrogen (secondary N) is 1. The molecule has 2 atom stereocenters. The lowest BCUT2D eigenvalue weighted by Crippen LogP contribution is -2.30. The number of hydrogen-bond acceptors (Lipinski definition) is 4. The maximum atomic E-state index is 13.1. The molecule has 152 valence electrons. The SMILES string of the molecule is O=C(NCCC(O)C(O)c1cc(Cl)ccc1C(F)(F)F)OCc1ccccc1. The van der Waals surface area contributed by atoms with Crippen molar-refractivity contribution in [2.75, 3.05) is 6.54 Å². The summed E-state index contributed by atoms with van der Waals surface area (Å²) in [5.41, 5.74) is -0.827. The fourth-order valence-corrected chi connectivity index (χ4v) is 2.68. The molecule has 5 nitrogen and oxygen atoms in total. The van der Waals surface area contributed by atoms with E-state index in [9.17, 15) is 28.2 Å². The van der Waals surface area contributed by atoms with Crippen LogP contribution in [0.3, 0.4) is 0 Å². The number of benzene rings is 2. The van der Waals surface area contributed by atoms with Crippen LogP contribution < -0.4 is 5.32 Å². The zero-order chi connectivity index (χ0) is 20.7. The molecule has 0 bridgehead atoms. The van der Waals surface area contributed by atoms with E-state index >= 15 is 0 Å². The van der Waals surface area contributed by atoms with Gasteiger partial charge in [0.05, 0.1) is 11.7 Å². The van der Waals surface area contributed by atoms with Gasteiger partial charge in [-0.2, -0.15) is 13.2 Å². The molecule has 0 saturated carbocycles. The van der Waals surface area contributed by atoms with Gasteiger partial charge in [0.1, 0.15) is 12.7 Å². The minimum atomic E-state index is -4.71. The van der Waals surface area contributed by atoms with E-state index in [1.165, 1.54) is 0 Å². The molecular weight excluding hydrogens is 399 g/mol. The minimum absolute atomic E-state index is 0.00290. The topological polar surface area (TPSA) is 78.8 Å². The number of amides is 1. The first kappa shape index (κ1) is 22.0. The number of carbonyl (C=O) groups is 1. The molecule has 0 fully saturated rings. The van der Waals surface area contributed by atoms with Crippen LogP contribution in [-0.4, -0.2) is 29.0 Å². The second-order valence-electron chi connectivity index (χ2n) is 6.02. The van der Waals surface area contributed by atoms with E-state index < -0.39 is 35.6 Å². The number of ether oxygens (including phenoxy) is 1. The van der Waals surface area contributed by atoms with Crippen molar-refractivity contribution in [2.45, 2.75) is 31.4 Å². The Balaban J connectivity index is 1.87. The summed E-state index contributed by atoms with van der Waals surface area (Å²) in [5, 5.41) is 22.5. The summed E-state index contributed by atoms with van der Waals surface area (Å²) in [7, 11) is 0. The molecule has 0 heterocycles. The fraction of sp³-hybridized carbons (Fsp3) is 0.316. The van der Waals surface area contributed by atoms with Gasteiger partial charge in [-0.05, 0) is 35.7 Å². The first-order valence-electron chi connectivity index (χ1n) is 8.36. The van der Waals surface area contributed by atoms with E-state index in [0.29, 0.717) is 0 Å². The molecular formula is C19H19ClF3NO4. The van der Waals surface area contributed by atoms with Gasteiger partial charge in [-0.1, -0.05) is 41.9 Å². The van der Waals surface area contributed by atoms with Gasteiger partial charge in [0.25, 0.3) is 0 Å². The van der Waals surface area contributed by atoms with E-state index in [0.717, 1.165) is 23.8 Å². The van der Waals surface area contributed by atoms with Crippen molar-refractivity contribution in [1.82, 2.24) is 5.32 Å². The van der Waals surface area contributed by atoms with Gasteiger partial charge in [-0.25, -0.2) is 4.79 Å². The largest absolute Gasteiger partial charge is 0.445 e. The van der Waals surface area contributed by atoms with Crippen LogP contribution >= 0.6 is 11.6 Å². The molecule has 2 aromatic rings. The number of halogens is 4. The summed E-state index contributed by atoms with van der Waals surface area (Å²) in [6.45, 7) is -0.0525. The summed E-state index contributed by atoms with van der Waals surface area (Å²) in [6.07, 6.45) is -9.01. The van der Waals surface area contributed by atoms with Crippen LogP contribution in [0.4, 0.5) is 18.0 Å². The summed E-state index contributed by atoms with van der Waals surface area (Å²) in [5.74, 6) is 0.